The number of hydrogen-bond donors (Lipinski definition) is 3. The average molecular weight is 252 g/mol. The second-order valence-corrected chi connectivity index (χ2v) is 4.04. The molecule has 100 valence electrons. The van der Waals surface area contributed by atoms with Gasteiger partial charge in [-0.25, -0.2) is 0 Å². The molecule has 0 radical (unpaired) electrons. The van der Waals surface area contributed by atoms with Gasteiger partial charge in [0.1, 0.15) is 5.75 Å². The van der Waals surface area contributed by atoms with Crippen molar-refractivity contribution in [1.29, 1.82) is 0 Å². The molecule has 0 unspecified atom stereocenters. The number of aliphatic hydroxyl groups is 1. The molecule has 0 heterocycles. The third-order valence-electron chi connectivity index (χ3n) is 2.77. The summed E-state index contributed by atoms with van der Waals surface area (Å²) >= 11 is 0. The van der Waals surface area contributed by atoms with Crippen LogP contribution in [0.3, 0.4) is 0 Å². The Morgan fingerprint density at radius 3 is 2.83 bits per heavy atom. The van der Waals surface area contributed by atoms with E-state index in [1.807, 2.05) is 19.1 Å². The summed E-state index contributed by atoms with van der Waals surface area (Å²) in [6.07, 6.45) is 0.558. The number of benzene rings is 1. The highest BCUT2D eigenvalue weighted by atomic mass is 16.5. The van der Waals surface area contributed by atoms with E-state index in [1.54, 1.807) is 19.2 Å². The monoisotopic (exact) mass is 252 g/mol. The Labute approximate surface area is 107 Å². The molecule has 0 aliphatic carbocycles. The minimum Gasteiger partial charge on any atom is -0.497 e. The molecule has 4 N–H and O–H groups in total. The molecular weight excluding hydrogens is 232 g/mol. The number of amides is 1. The lowest BCUT2D eigenvalue weighted by molar-refractivity contribution is -0.123. The van der Waals surface area contributed by atoms with Crippen LogP contribution in [0.25, 0.3) is 0 Å². The maximum absolute atomic E-state index is 11.7. The first-order valence-electron chi connectivity index (χ1n) is 5.93. The molecule has 0 saturated heterocycles. The Morgan fingerprint density at radius 2 is 2.28 bits per heavy atom. The lowest BCUT2D eigenvalue weighted by Gasteiger charge is -2.19. The van der Waals surface area contributed by atoms with Crippen LogP contribution in [0.4, 0.5) is 0 Å². The van der Waals surface area contributed by atoms with Gasteiger partial charge in [-0.2, -0.15) is 0 Å². The molecule has 0 aromatic heterocycles. The van der Waals surface area contributed by atoms with Gasteiger partial charge < -0.3 is 20.9 Å². The van der Waals surface area contributed by atoms with E-state index < -0.39 is 12.1 Å². The molecule has 0 spiro atoms. The zero-order valence-electron chi connectivity index (χ0n) is 10.7. The number of nitrogens with one attached hydrogen (secondary N) is 1. The largest absolute Gasteiger partial charge is 0.497 e. The van der Waals surface area contributed by atoms with Crippen LogP contribution in [-0.4, -0.2) is 30.8 Å². The lowest BCUT2D eigenvalue weighted by Crippen LogP contribution is -2.42. The van der Waals surface area contributed by atoms with Crippen LogP contribution in [0.5, 0.6) is 5.75 Å². The summed E-state index contributed by atoms with van der Waals surface area (Å²) in [6, 6.07) is 6.19. The van der Waals surface area contributed by atoms with Gasteiger partial charge in [0.15, 0.2) is 0 Å². The number of aliphatic hydroxyl groups excluding tert-OH is 1. The topological polar surface area (TPSA) is 84.6 Å². The van der Waals surface area contributed by atoms with E-state index >= 15 is 0 Å². The van der Waals surface area contributed by atoms with Crippen molar-refractivity contribution in [3.05, 3.63) is 29.8 Å². The molecule has 0 saturated carbocycles. The van der Waals surface area contributed by atoms with Crippen LogP contribution in [0.2, 0.25) is 0 Å². The molecule has 0 fully saturated rings. The third kappa shape index (κ3) is 3.72. The molecule has 1 aromatic carbocycles. The highest BCUT2D eigenvalue weighted by Crippen LogP contribution is 2.18. The van der Waals surface area contributed by atoms with E-state index in [1.165, 1.54) is 0 Å². The molecule has 1 rings (SSSR count). The van der Waals surface area contributed by atoms with Crippen molar-refractivity contribution in [2.45, 2.75) is 25.4 Å². The normalized spacial score (nSPS) is 13.8. The SMILES string of the molecule is CC[C@@H](N)C(=O)N[C@H](CO)c1cccc(OC)c1. The van der Waals surface area contributed by atoms with Crippen LogP contribution in [-0.2, 0) is 4.79 Å². The summed E-state index contributed by atoms with van der Waals surface area (Å²) in [5.74, 6) is 0.416. The fourth-order valence-electron chi connectivity index (χ4n) is 1.56. The molecule has 0 aliphatic heterocycles. The maximum atomic E-state index is 11.7. The van der Waals surface area contributed by atoms with Gasteiger partial charge in [0.05, 0.1) is 25.8 Å². The predicted molar refractivity (Wildman–Crippen MR) is 69.2 cm³/mol. The van der Waals surface area contributed by atoms with E-state index in [4.69, 9.17) is 10.5 Å². The number of methoxy groups -OCH3 is 1. The van der Waals surface area contributed by atoms with Gasteiger partial charge >= 0.3 is 0 Å². The van der Waals surface area contributed by atoms with Crippen LogP contribution < -0.4 is 15.8 Å². The van der Waals surface area contributed by atoms with Crippen molar-refractivity contribution in [3.63, 3.8) is 0 Å². The van der Waals surface area contributed by atoms with Gasteiger partial charge in [-0.1, -0.05) is 19.1 Å². The first kappa shape index (κ1) is 14.5. The van der Waals surface area contributed by atoms with Crippen LogP contribution in [0, 0.1) is 0 Å². The smallest absolute Gasteiger partial charge is 0.237 e. The standard InChI is InChI=1S/C13H20N2O3/c1-3-11(14)13(17)15-12(8-16)9-5-4-6-10(7-9)18-2/h4-7,11-12,16H,3,8,14H2,1-2H3,(H,15,17)/t11-,12-/m1/s1. The second-order valence-electron chi connectivity index (χ2n) is 4.04. The first-order chi connectivity index (χ1) is 8.62. The molecule has 1 aromatic rings. The predicted octanol–water partition coefficient (Wildman–Crippen LogP) is 0.582. The molecule has 18 heavy (non-hydrogen) atoms. The van der Waals surface area contributed by atoms with Gasteiger partial charge in [0.2, 0.25) is 5.91 Å². The minimum atomic E-state index is -0.551. The minimum absolute atomic E-state index is 0.185. The van der Waals surface area contributed by atoms with Gasteiger partial charge in [-0.3, -0.25) is 4.79 Å². The van der Waals surface area contributed by atoms with Crippen molar-refractivity contribution in [2.24, 2.45) is 5.73 Å². The fraction of sp³-hybridized carbons (Fsp3) is 0.462. The first-order valence-corrected chi connectivity index (χ1v) is 5.93. The molecule has 0 bridgehead atoms. The lowest BCUT2D eigenvalue weighted by atomic mass is 10.1. The summed E-state index contributed by atoms with van der Waals surface area (Å²) < 4.78 is 5.10. The Hall–Kier alpha value is -1.59. The Balaban J connectivity index is 2.79. The highest BCUT2D eigenvalue weighted by molar-refractivity contribution is 5.81. The van der Waals surface area contributed by atoms with E-state index in [0.717, 1.165) is 5.56 Å². The van der Waals surface area contributed by atoms with Gasteiger partial charge in [-0.05, 0) is 24.1 Å². The Bertz CT molecular complexity index is 396. The van der Waals surface area contributed by atoms with E-state index in [0.29, 0.717) is 12.2 Å². The summed E-state index contributed by atoms with van der Waals surface area (Å²) in [7, 11) is 1.57. The molecule has 1 amide bonds. The summed E-state index contributed by atoms with van der Waals surface area (Å²) in [5, 5.41) is 12.1. The zero-order chi connectivity index (χ0) is 13.5. The fourth-order valence-corrected chi connectivity index (χ4v) is 1.56. The quantitative estimate of drug-likeness (QED) is 0.691. The Morgan fingerprint density at radius 1 is 1.56 bits per heavy atom. The van der Waals surface area contributed by atoms with Crippen LogP contribution in [0.1, 0.15) is 24.9 Å². The van der Waals surface area contributed by atoms with Gasteiger partial charge in [0, 0.05) is 0 Å². The van der Waals surface area contributed by atoms with E-state index in [9.17, 15) is 9.90 Å². The van der Waals surface area contributed by atoms with Gasteiger partial charge in [-0.15, -0.1) is 0 Å². The van der Waals surface area contributed by atoms with Crippen LogP contribution >= 0.6 is 0 Å². The number of carbonyl (C=O) groups is 1. The van der Waals surface area contributed by atoms with Crippen LogP contribution in [0.15, 0.2) is 24.3 Å². The van der Waals surface area contributed by atoms with Crippen molar-refractivity contribution < 1.29 is 14.6 Å². The van der Waals surface area contributed by atoms with Crippen molar-refractivity contribution in [2.75, 3.05) is 13.7 Å². The summed E-state index contributed by atoms with van der Waals surface area (Å²) in [4.78, 5) is 11.7. The number of carbonyl (C=O) groups excluding carboxylic acids is 1. The summed E-state index contributed by atoms with van der Waals surface area (Å²) in [5.41, 5.74) is 6.42. The highest BCUT2D eigenvalue weighted by Gasteiger charge is 2.17. The van der Waals surface area contributed by atoms with Crippen molar-refractivity contribution >= 4 is 5.91 Å². The number of hydrogen-bond acceptors (Lipinski definition) is 4. The molecule has 5 nitrogen and oxygen atoms in total. The Kier molecular flexibility index (Phi) is 5.61. The maximum Gasteiger partial charge on any atom is 0.237 e. The number of ether oxygens (including phenoxy) is 1. The molecule has 5 heteroatoms. The number of rotatable bonds is 6. The third-order valence-corrected chi connectivity index (χ3v) is 2.77. The van der Waals surface area contributed by atoms with Crippen molar-refractivity contribution in [1.82, 2.24) is 5.32 Å². The van der Waals surface area contributed by atoms with Gasteiger partial charge in [0.25, 0.3) is 0 Å². The van der Waals surface area contributed by atoms with E-state index in [2.05, 4.69) is 5.32 Å². The molecule has 2 atom stereocenters. The zero-order valence-corrected chi connectivity index (χ0v) is 10.7. The second kappa shape index (κ2) is 6.98. The average Bonchev–Trinajstić information content (AvgIpc) is 2.43. The van der Waals surface area contributed by atoms with Crippen molar-refractivity contribution in [3.8, 4) is 5.75 Å². The van der Waals surface area contributed by atoms with E-state index in [-0.39, 0.29) is 12.5 Å². The molecule has 0 aliphatic rings. The summed E-state index contributed by atoms with van der Waals surface area (Å²) in [6.45, 7) is 1.65. The number of nitrogens with two attached hydrogens (primary N) is 1. The molecular formula is C13H20N2O3.